The minimum atomic E-state index is -0.633. The van der Waals surface area contributed by atoms with Crippen LogP contribution in [-0.2, 0) is 0 Å². The molecule has 0 saturated heterocycles. The van der Waals surface area contributed by atoms with Gasteiger partial charge in [-0.2, -0.15) is 0 Å². The molecule has 3 nitrogen and oxygen atoms in total. The molecule has 4 heteroatoms. The Morgan fingerprint density at radius 1 is 1.19 bits per heavy atom. The molecule has 0 spiro atoms. The van der Waals surface area contributed by atoms with E-state index in [1.54, 1.807) is 19.2 Å². The Balaban J connectivity index is 2.43. The highest BCUT2D eigenvalue weighted by molar-refractivity contribution is 6.31. The monoisotopic (exact) mass is 305 g/mol. The van der Waals surface area contributed by atoms with Gasteiger partial charge in [0.2, 0.25) is 5.88 Å². The van der Waals surface area contributed by atoms with E-state index in [1.807, 2.05) is 25.1 Å². The van der Waals surface area contributed by atoms with Crippen molar-refractivity contribution in [1.82, 2.24) is 4.98 Å². The number of halogens is 1. The lowest BCUT2D eigenvalue weighted by molar-refractivity contribution is 0.194. The summed E-state index contributed by atoms with van der Waals surface area (Å²) in [5.74, 6) is 1.44. The standard InChI is InChI=1S/C17H20ClNO2/c1-10(2)14-9-16(11(3)8-15(14)18)21-17-13(12(4)20)6-5-7-19-17/h5-10,12,20H,1-4H3/t12-/m1/s1. The zero-order valence-corrected chi connectivity index (χ0v) is 13.5. The molecular weight excluding hydrogens is 286 g/mol. The maximum atomic E-state index is 9.80. The van der Waals surface area contributed by atoms with Crippen LogP contribution in [0.1, 0.15) is 49.5 Å². The maximum Gasteiger partial charge on any atom is 0.225 e. The summed E-state index contributed by atoms with van der Waals surface area (Å²) >= 11 is 6.27. The third-order valence-electron chi connectivity index (χ3n) is 3.37. The molecular formula is C17H20ClNO2. The minimum absolute atomic E-state index is 0.306. The fourth-order valence-electron chi connectivity index (χ4n) is 2.13. The molecule has 1 heterocycles. The van der Waals surface area contributed by atoms with E-state index in [0.717, 1.165) is 16.1 Å². The highest BCUT2D eigenvalue weighted by Crippen LogP contribution is 2.35. The van der Waals surface area contributed by atoms with Crippen molar-refractivity contribution in [2.24, 2.45) is 0 Å². The molecule has 1 aromatic heterocycles. The fraction of sp³-hybridized carbons (Fsp3) is 0.353. The highest BCUT2D eigenvalue weighted by Gasteiger charge is 2.14. The Morgan fingerprint density at radius 2 is 1.90 bits per heavy atom. The van der Waals surface area contributed by atoms with Crippen molar-refractivity contribution in [3.8, 4) is 11.6 Å². The first-order valence-electron chi connectivity index (χ1n) is 7.01. The molecule has 0 aliphatic heterocycles. The summed E-state index contributed by atoms with van der Waals surface area (Å²) in [6, 6.07) is 7.44. The molecule has 112 valence electrons. The number of aromatic nitrogens is 1. The molecule has 1 N–H and O–H groups in total. The second-order valence-corrected chi connectivity index (χ2v) is 5.88. The summed E-state index contributed by atoms with van der Waals surface area (Å²) in [5.41, 5.74) is 2.64. The Hall–Kier alpha value is -1.58. The van der Waals surface area contributed by atoms with Crippen molar-refractivity contribution in [3.63, 3.8) is 0 Å². The molecule has 0 radical (unpaired) electrons. The van der Waals surface area contributed by atoms with Gasteiger partial charge in [-0.05, 0) is 55.2 Å². The molecule has 21 heavy (non-hydrogen) atoms. The van der Waals surface area contributed by atoms with Crippen molar-refractivity contribution in [1.29, 1.82) is 0 Å². The lowest BCUT2D eigenvalue weighted by atomic mass is 10.0. The summed E-state index contributed by atoms with van der Waals surface area (Å²) in [4.78, 5) is 4.22. The molecule has 0 aliphatic rings. The van der Waals surface area contributed by atoms with Gasteiger partial charge in [-0.1, -0.05) is 25.4 Å². The van der Waals surface area contributed by atoms with Crippen LogP contribution in [0.15, 0.2) is 30.5 Å². The van der Waals surface area contributed by atoms with Crippen LogP contribution in [0, 0.1) is 6.92 Å². The normalized spacial score (nSPS) is 12.5. The molecule has 1 aromatic carbocycles. The van der Waals surface area contributed by atoms with E-state index < -0.39 is 6.10 Å². The lowest BCUT2D eigenvalue weighted by Gasteiger charge is -2.16. The summed E-state index contributed by atoms with van der Waals surface area (Å²) < 4.78 is 5.92. The van der Waals surface area contributed by atoms with Crippen LogP contribution < -0.4 is 4.74 Å². The minimum Gasteiger partial charge on any atom is -0.438 e. The van der Waals surface area contributed by atoms with Gasteiger partial charge in [0.1, 0.15) is 5.75 Å². The quantitative estimate of drug-likeness (QED) is 0.863. The first-order chi connectivity index (χ1) is 9.90. The Bertz CT molecular complexity index is 639. The number of aliphatic hydroxyl groups is 1. The Kier molecular flexibility index (Phi) is 4.86. The van der Waals surface area contributed by atoms with Crippen molar-refractivity contribution >= 4 is 11.6 Å². The van der Waals surface area contributed by atoms with E-state index in [9.17, 15) is 5.11 Å². The van der Waals surface area contributed by atoms with Crippen LogP contribution in [0.25, 0.3) is 0 Å². The topological polar surface area (TPSA) is 42.4 Å². The summed E-state index contributed by atoms with van der Waals surface area (Å²) in [5, 5.41) is 10.5. The van der Waals surface area contributed by atoms with E-state index in [4.69, 9.17) is 16.3 Å². The molecule has 0 saturated carbocycles. The predicted molar refractivity (Wildman–Crippen MR) is 85.2 cm³/mol. The van der Waals surface area contributed by atoms with E-state index in [2.05, 4.69) is 18.8 Å². The third-order valence-corrected chi connectivity index (χ3v) is 3.70. The largest absolute Gasteiger partial charge is 0.438 e. The molecule has 0 aliphatic carbocycles. The van der Waals surface area contributed by atoms with E-state index >= 15 is 0 Å². The van der Waals surface area contributed by atoms with E-state index in [0.29, 0.717) is 23.1 Å². The van der Waals surface area contributed by atoms with Gasteiger partial charge < -0.3 is 9.84 Å². The molecule has 2 rings (SSSR count). The van der Waals surface area contributed by atoms with Crippen LogP contribution in [0.4, 0.5) is 0 Å². The molecule has 0 fully saturated rings. The lowest BCUT2D eigenvalue weighted by Crippen LogP contribution is -2.00. The Morgan fingerprint density at radius 3 is 2.52 bits per heavy atom. The number of hydrogen-bond acceptors (Lipinski definition) is 3. The summed E-state index contributed by atoms with van der Waals surface area (Å²) in [7, 11) is 0. The number of benzene rings is 1. The number of aliphatic hydroxyl groups excluding tert-OH is 1. The molecule has 0 amide bonds. The zero-order valence-electron chi connectivity index (χ0n) is 12.7. The zero-order chi connectivity index (χ0) is 15.6. The van der Waals surface area contributed by atoms with Crippen LogP contribution in [0.5, 0.6) is 11.6 Å². The van der Waals surface area contributed by atoms with Crippen molar-refractivity contribution < 1.29 is 9.84 Å². The second kappa shape index (κ2) is 6.46. The summed E-state index contributed by atoms with van der Waals surface area (Å²) in [6.07, 6.45) is 1.02. The van der Waals surface area contributed by atoms with Gasteiger partial charge in [0.15, 0.2) is 0 Å². The molecule has 0 bridgehead atoms. The van der Waals surface area contributed by atoms with E-state index in [-0.39, 0.29) is 0 Å². The van der Waals surface area contributed by atoms with Crippen LogP contribution in [0.3, 0.4) is 0 Å². The molecule has 0 unspecified atom stereocenters. The number of pyridine rings is 1. The number of nitrogens with zero attached hydrogens (tertiary/aromatic N) is 1. The maximum absolute atomic E-state index is 9.80. The first-order valence-corrected chi connectivity index (χ1v) is 7.38. The number of hydrogen-bond donors (Lipinski definition) is 1. The van der Waals surface area contributed by atoms with Crippen molar-refractivity contribution in [2.45, 2.75) is 39.7 Å². The average Bonchev–Trinajstić information content (AvgIpc) is 2.41. The second-order valence-electron chi connectivity index (χ2n) is 5.47. The number of aryl methyl sites for hydroxylation is 1. The van der Waals surface area contributed by atoms with Crippen LogP contribution >= 0.6 is 11.6 Å². The van der Waals surface area contributed by atoms with Gasteiger partial charge in [0, 0.05) is 16.8 Å². The number of ether oxygens (including phenoxy) is 1. The summed E-state index contributed by atoms with van der Waals surface area (Å²) in [6.45, 7) is 7.80. The van der Waals surface area contributed by atoms with Crippen LogP contribution in [-0.4, -0.2) is 10.1 Å². The predicted octanol–water partition coefficient (Wildman–Crippen LogP) is 5.01. The van der Waals surface area contributed by atoms with Gasteiger partial charge in [-0.25, -0.2) is 4.98 Å². The first kappa shape index (κ1) is 15.8. The van der Waals surface area contributed by atoms with Gasteiger partial charge in [0.05, 0.1) is 6.10 Å². The van der Waals surface area contributed by atoms with Gasteiger partial charge >= 0.3 is 0 Å². The van der Waals surface area contributed by atoms with Gasteiger partial charge in [-0.3, -0.25) is 0 Å². The third kappa shape index (κ3) is 3.55. The SMILES string of the molecule is Cc1cc(Cl)c(C(C)C)cc1Oc1ncccc1[C@@H](C)O. The van der Waals surface area contributed by atoms with Gasteiger partial charge in [0.25, 0.3) is 0 Å². The van der Waals surface area contributed by atoms with Crippen LogP contribution in [0.2, 0.25) is 5.02 Å². The molecule has 2 aromatic rings. The smallest absolute Gasteiger partial charge is 0.225 e. The van der Waals surface area contributed by atoms with Crippen molar-refractivity contribution in [2.75, 3.05) is 0 Å². The average molecular weight is 306 g/mol. The van der Waals surface area contributed by atoms with Gasteiger partial charge in [-0.15, -0.1) is 0 Å². The Labute approximate surface area is 130 Å². The molecule has 1 atom stereocenters. The van der Waals surface area contributed by atoms with Crippen molar-refractivity contribution in [3.05, 3.63) is 52.2 Å². The fourth-order valence-corrected chi connectivity index (χ4v) is 2.57. The van der Waals surface area contributed by atoms with E-state index in [1.165, 1.54) is 0 Å². The number of rotatable bonds is 4. The highest BCUT2D eigenvalue weighted by atomic mass is 35.5.